The smallest absolute Gasteiger partial charge is 0.231 e. The molecule has 5 heteroatoms. The Hall–Kier alpha value is -2.37. The Morgan fingerprint density at radius 3 is 2.52 bits per heavy atom. The molecule has 136 valence electrons. The first-order valence-corrected chi connectivity index (χ1v) is 10.5. The molecule has 1 atom stereocenters. The quantitative estimate of drug-likeness (QED) is 0.659. The first-order valence-electron chi connectivity index (χ1n) is 9.66. The van der Waals surface area contributed by atoms with E-state index < -0.39 is 0 Å². The second-order valence-corrected chi connectivity index (χ2v) is 8.80. The van der Waals surface area contributed by atoms with E-state index in [4.69, 9.17) is 4.84 Å². The molecular weight excluding hydrogens is 354 g/mol. The predicted molar refractivity (Wildman–Crippen MR) is 110 cm³/mol. The number of thiophene rings is 1. The van der Waals surface area contributed by atoms with Crippen molar-refractivity contribution in [2.45, 2.75) is 18.6 Å². The molecule has 1 spiro atoms. The number of hydrogen-bond donors (Lipinski definition) is 0. The Labute approximate surface area is 162 Å². The number of benzene rings is 2. The minimum Gasteiger partial charge on any atom is -0.363 e. The van der Waals surface area contributed by atoms with Crippen molar-refractivity contribution < 1.29 is 4.84 Å². The molecule has 3 aromatic rings. The van der Waals surface area contributed by atoms with Crippen LogP contribution in [0.15, 0.2) is 65.8 Å². The van der Waals surface area contributed by atoms with E-state index in [9.17, 15) is 0 Å². The predicted octanol–water partition coefficient (Wildman–Crippen LogP) is 4.52. The largest absolute Gasteiger partial charge is 0.363 e. The lowest BCUT2D eigenvalue weighted by molar-refractivity contribution is -0.134. The van der Waals surface area contributed by atoms with E-state index >= 15 is 0 Å². The third-order valence-electron chi connectivity index (χ3n) is 6.22. The molecule has 0 amide bonds. The lowest BCUT2D eigenvalue weighted by Crippen LogP contribution is -2.67. The molecule has 7 rings (SSSR count). The summed E-state index contributed by atoms with van der Waals surface area (Å²) in [6.07, 6.45) is 2.36. The fourth-order valence-electron chi connectivity index (χ4n) is 4.90. The fraction of sp³-hybridized carbons (Fsp3) is 0.318. The summed E-state index contributed by atoms with van der Waals surface area (Å²) in [5.74, 6) is 1.47. The molecule has 1 aromatic heterocycles. The number of oxime groups is 1. The first-order chi connectivity index (χ1) is 13.3. The molecule has 0 saturated carbocycles. The van der Waals surface area contributed by atoms with Crippen LogP contribution in [0.5, 0.6) is 0 Å². The highest BCUT2D eigenvalue weighted by atomic mass is 32.1. The molecule has 0 N–H and O–H groups in total. The average Bonchev–Trinajstić information content (AvgIpc) is 3.31. The lowest BCUT2D eigenvalue weighted by atomic mass is 9.79. The van der Waals surface area contributed by atoms with Crippen LogP contribution in [0.2, 0.25) is 0 Å². The average molecular weight is 375 g/mol. The molecule has 3 fully saturated rings. The van der Waals surface area contributed by atoms with Crippen LogP contribution >= 0.6 is 11.3 Å². The van der Waals surface area contributed by atoms with Gasteiger partial charge in [0, 0.05) is 16.3 Å². The third-order valence-corrected chi connectivity index (χ3v) is 7.33. The molecular formula is C22H21N3OS. The van der Waals surface area contributed by atoms with Gasteiger partial charge in [-0.05, 0) is 55.6 Å². The monoisotopic (exact) mass is 375 g/mol. The minimum atomic E-state index is -0.372. The van der Waals surface area contributed by atoms with E-state index in [0.29, 0.717) is 5.92 Å². The highest BCUT2D eigenvalue weighted by Gasteiger charge is 2.58. The summed E-state index contributed by atoms with van der Waals surface area (Å²) >= 11 is 1.79. The van der Waals surface area contributed by atoms with Crippen molar-refractivity contribution in [3.8, 4) is 0 Å². The standard InChI is InChI=1S/C22H21N3OS/c1-2-7-18(8-3-1)25-21(20-14-16-6-4-5-9-19(16)27-20)23-26-22(25)15-24-12-10-17(22)11-13-24/h1-9,14,17H,10-13,15H2/t22-/m1/s1. The number of nitrogens with zero attached hydrogens (tertiary/aromatic N) is 3. The van der Waals surface area contributed by atoms with E-state index in [1.165, 1.54) is 46.6 Å². The van der Waals surface area contributed by atoms with Crippen molar-refractivity contribution in [3.63, 3.8) is 0 Å². The van der Waals surface area contributed by atoms with Crippen molar-refractivity contribution in [2.75, 3.05) is 24.5 Å². The molecule has 5 heterocycles. The zero-order valence-electron chi connectivity index (χ0n) is 15.0. The van der Waals surface area contributed by atoms with Crippen LogP contribution in [0.3, 0.4) is 0 Å². The van der Waals surface area contributed by atoms with E-state index in [2.05, 4.69) is 75.6 Å². The zero-order chi connectivity index (χ0) is 17.8. The number of piperidine rings is 3. The molecule has 4 aliphatic rings. The highest BCUT2D eigenvalue weighted by Crippen LogP contribution is 2.47. The maximum absolute atomic E-state index is 6.32. The summed E-state index contributed by atoms with van der Waals surface area (Å²) in [4.78, 5) is 12.4. The van der Waals surface area contributed by atoms with Crippen molar-refractivity contribution in [2.24, 2.45) is 11.1 Å². The maximum Gasteiger partial charge on any atom is 0.231 e. The van der Waals surface area contributed by atoms with E-state index in [1.807, 2.05) is 0 Å². The van der Waals surface area contributed by atoms with Crippen LogP contribution in [0.4, 0.5) is 5.69 Å². The highest BCUT2D eigenvalue weighted by molar-refractivity contribution is 7.21. The summed E-state index contributed by atoms with van der Waals surface area (Å²) in [5, 5.41) is 5.95. The third kappa shape index (κ3) is 2.28. The Bertz CT molecular complexity index is 989. The van der Waals surface area contributed by atoms with Gasteiger partial charge >= 0.3 is 0 Å². The number of para-hydroxylation sites is 1. The van der Waals surface area contributed by atoms with E-state index in [-0.39, 0.29) is 5.72 Å². The van der Waals surface area contributed by atoms with Crippen molar-refractivity contribution in [3.05, 3.63) is 65.5 Å². The Morgan fingerprint density at radius 1 is 1.00 bits per heavy atom. The summed E-state index contributed by atoms with van der Waals surface area (Å²) in [6.45, 7) is 3.28. The second kappa shape index (κ2) is 5.81. The van der Waals surface area contributed by atoms with E-state index in [1.54, 1.807) is 11.3 Å². The molecule has 2 bridgehead atoms. The Morgan fingerprint density at radius 2 is 1.78 bits per heavy atom. The van der Waals surface area contributed by atoms with Gasteiger partial charge in [-0.1, -0.05) is 41.6 Å². The van der Waals surface area contributed by atoms with Crippen LogP contribution in [-0.4, -0.2) is 36.1 Å². The molecule has 27 heavy (non-hydrogen) atoms. The summed E-state index contributed by atoms with van der Waals surface area (Å²) in [5.41, 5.74) is 0.795. The number of rotatable bonds is 2. The summed E-state index contributed by atoms with van der Waals surface area (Å²) in [7, 11) is 0. The molecule has 3 saturated heterocycles. The van der Waals surface area contributed by atoms with Gasteiger partial charge in [-0.15, -0.1) is 11.3 Å². The van der Waals surface area contributed by atoms with Crippen LogP contribution in [0, 0.1) is 5.92 Å². The van der Waals surface area contributed by atoms with Crippen molar-refractivity contribution >= 4 is 32.9 Å². The normalized spacial score (nSPS) is 29.3. The van der Waals surface area contributed by atoms with Crippen molar-refractivity contribution in [1.82, 2.24) is 4.90 Å². The first kappa shape index (κ1) is 15.7. The topological polar surface area (TPSA) is 28.1 Å². The Kier molecular flexibility index (Phi) is 3.37. The number of fused-ring (bicyclic) bond motifs is 3. The summed E-state index contributed by atoms with van der Waals surface area (Å²) in [6, 6.07) is 21.4. The molecule has 0 aliphatic carbocycles. The van der Waals surface area contributed by atoms with Crippen LogP contribution in [0.1, 0.15) is 17.7 Å². The fourth-order valence-corrected chi connectivity index (χ4v) is 5.93. The van der Waals surface area contributed by atoms with Crippen LogP contribution < -0.4 is 4.90 Å². The number of anilines is 1. The van der Waals surface area contributed by atoms with Crippen molar-refractivity contribution in [1.29, 1.82) is 0 Å². The summed E-state index contributed by atoms with van der Waals surface area (Å²) < 4.78 is 1.29. The zero-order valence-corrected chi connectivity index (χ0v) is 15.9. The van der Waals surface area contributed by atoms with Gasteiger partial charge in [0.25, 0.3) is 0 Å². The van der Waals surface area contributed by atoms with Gasteiger partial charge in [-0.2, -0.15) is 0 Å². The molecule has 2 aromatic carbocycles. The number of hydrogen-bond acceptors (Lipinski definition) is 5. The maximum atomic E-state index is 6.32. The molecule has 4 nitrogen and oxygen atoms in total. The van der Waals surface area contributed by atoms with Gasteiger partial charge in [0.2, 0.25) is 5.72 Å². The molecule has 0 unspecified atom stereocenters. The van der Waals surface area contributed by atoms with Crippen LogP contribution in [0.25, 0.3) is 10.1 Å². The second-order valence-electron chi connectivity index (χ2n) is 7.72. The minimum absolute atomic E-state index is 0.372. The lowest BCUT2D eigenvalue weighted by Gasteiger charge is -2.53. The SMILES string of the molecule is c1ccc(N2C(c3cc4ccccc4s3)=NO[C@@]23CN2CCC3CC2)cc1. The van der Waals surface area contributed by atoms with Gasteiger partial charge in [0.15, 0.2) is 5.84 Å². The van der Waals surface area contributed by atoms with Gasteiger partial charge in [-0.25, -0.2) is 0 Å². The Balaban J connectivity index is 1.49. The van der Waals surface area contributed by atoms with E-state index in [0.717, 1.165) is 12.4 Å². The van der Waals surface area contributed by atoms with Gasteiger partial charge in [0.05, 0.1) is 11.4 Å². The molecule has 0 radical (unpaired) electrons. The molecule has 4 aliphatic heterocycles. The van der Waals surface area contributed by atoms with Crippen LogP contribution in [-0.2, 0) is 4.84 Å². The van der Waals surface area contributed by atoms with Gasteiger partial charge in [-0.3, -0.25) is 9.80 Å². The number of amidine groups is 1. The van der Waals surface area contributed by atoms with Gasteiger partial charge < -0.3 is 4.84 Å². The van der Waals surface area contributed by atoms with Gasteiger partial charge in [0.1, 0.15) is 0 Å².